The standard InChI is InChI=1S/C10H14N2O3S/c13-8-9-3-2-6-12(9)16(14,15)10-4-1-5-11-7-10/h1,4-5,7,9,13H,2-3,6,8H2/t9-/m1/s1. The minimum atomic E-state index is -3.49. The van der Waals surface area contributed by atoms with Gasteiger partial charge in [-0.05, 0) is 25.0 Å². The summed E-state index contributed by atoms with van der Waals surface area (Å²) in [4.78, 5) is 4.00. The van der Waals surface area contributed by atoms with Crippen LogP contribution in [0.2, 0.25) is 0 Å². The van der Waals surface area contributed by atoms with Crippen LogP contribution in [-0.2, 0) is 10.0 Å². The SMILES string of the molecule is O=S(=O)(c1cccnc1)N1CCC[C@@H]1CO. The third kappa shape index (κ3) is 1.95. The van der Waals surface area contributed by atoms with Crippen LogP contribution in [0.3, 0.4) is 0 Å². The molecule has 0 radical (unpaired) electrons. The average molecular weight is 242 g/mol. The molecule has 0 aliphatic carbocycles. The molecule has 1 saturated heterocycles. The summed E-state index contributed by atoms with van der Waals surface area (Å²) in [5.74, 6) is 0. The maximum Gasteiger partial charge on any atom is 0.244 e. The predicted octanol–water partition coefficient (Wildman–Crippen LogP) is 0.227. The molecule has 0 aromatic carbocycles. The second-order valence-electron chi connectivity index (χ2n) is 3.78. The van der Waals surface area contributed by atoms with Crippen LogP contribution in [0.4, 0.5) is 0 Å². The van der Waals surface area contributed by atoms with E-state index in [0.29, 0.717) is 6.54 Å². The number of sulfonamides is 1. The first-order valence-corrected chi connectivity index (χ1v) is 6.63. The van der Waals surface area contributed by atoms with Crippen LogP contribution >= 0.6 is 0 Å². The molecule has 1 atom stereocenters. The van der Waals surface area contributed by atoms with E-state index in [-0.39, 0.29) is 17.5 Å². The molecule has 1 aromatic heterocycles. The normalized spacial score (nSPS) is 22.4. The van der Waals surface area contributed by atoms with Gasteiger partial charge in [0, 0.05) is 25.0 Å². The fourth-order valence-electron chi connectivity index (χ4n) is 1.94. The highest BCUT2D eigenvalue weighted by molar-refractivity contribution is 7.89. The molecule has 16 heavy (non-hydrogen) atoms. The minimum Gasteiger partial charge on any atom is -0.395 e. The fourth-order valence-corrected chi connectivity index (χ4v) is 3.59. The van der Waals surface area contributed by atoms with E-state index < -0.39 is 10.0 Å². The Kier molecular flexibility index (Phi) is 3.22. The van der Waals surface area contributed by atoms with Gasteiger partial charge in [-0.25, -0.2) is 8.42 Å². The molecule has 1 aliphatic heterocycles. The molecule has 1 aliphatic rings. The van der Waals surface area contributed by atoms with Gasteiger partial charge in [-0.1, -0.05) is 0 Å². The van der Waals surface area contributed by atoms with Crippen LogP contribution in [-0.4, -0.2) is 42.0 Å². The topological polar surface area (TPSA) is 70.5 Å². The number of aliphatic hydroxyl groups is 1. The van der Waals surface area contributed by atoms with Gasteiger partial charge in [0.15, 0.2) is 0 Å². The summed E-state index contributed by atoms with van der Waals surface area (Å²) >= 11 is 0. The van der Waals surface area contributed by atoms with Gasteiger partial charge in [0.1, 0.15) is 4.90 Å². The average Bonchev–Trinajstić information content (AvgIpc) is 2.79. The number of pyridine rings is 1. The van der Waals surface area contributed by atoms with Gasteiger partial charge >= 0.3 is 0 Å². The molecule has 1 fully saturated rings. The Morgan fingerprint density at radius 2 is 2.38 bits per heavy atom. The predicted molar refractivity (Wildman–Crippen MR) is 58.2 cm³/mol. The number of hydrogen-bond acceptors (Lipinski definition) is 4. The third-order valence-electron chi connectivity index (χ3n) is 2.77. The van der Waals surface area contributed by atoms with E-state index in [4.69, 9.17) is 5.11 Å². The smallest absolute Gasteiger partial charge is 0.244 e. The molecule has 0 spiro atoms. The van der Waals surface area contributed by atoms with Gasteiger partial charge in [0.05, 0.1) is 6.61 Å². The summed E-state index contributed by atoms with van der Waals surface area (Å²) in [6.07, 6.45) is 4.38. The van der Waals surface area contributed by atoms with Gasteiger partial charge < -0.3 is 5.11 Å². The van der Waals surface area contributed by atoms with E-state index in [2.05, 4.69) is 4.98 Å². The quantitative estimate of drug-likeness (QED) is 0.823. The van der Waals surface area contributed by atoms with Crippen molar-refractivity contribution in [3.8, 4) is 0 Å². The number of aliphatic hydroxyl groups excluding tert-OH is 1. The first-order chi connectivity index (χ1) is 7.66. The molecular formula is C10H14N2O3S. The Balaban J connectivity index is 2.33. The lowest BCUT2D eigenvalue weighted by Crippen LogP contribution is -2.37. The van der Waals surface area contributed by atoms with Gasteiger partial charge in [0.25, 0.3) is 0 Å². The van der Waals surface area contributed by atoms with Crippen molar-refractivity contribution in [2.75, 3.05) is 13.2 Å². The lowest BCUT2D eigenvalue weighted by atomic mass is 10.2. The van der Waals surface area contributed by atoms with Crippen molar-refractivity contribution >= 4 is 10.0 Å². The van der Waals surface area contributed by atoms with E-state index in [0.717, 1.165) is 12.8 Å². The Bertz CT molecular complexity index is 446. The van der Waals surface area contributed by atoms with E-state index in [1.165, 1.54) is 22.8 Å². The second kappa shape index (κ2) is 4.48. The molecule has 0 saturated carbocycles. The van der Waals surface area contributed by atoms with Crippen LogP contribution in [0.1, 0.15) is 12.8 Å². The van der Waals surface area contributed by atoms with Crippen molar-refractivity contribution < 1.29 is 13.5 Å². The zero-order chi connectivity index (χ0) is 11.6. The molecule has 0 unspecified atom stereocenters. The lowest BCUT2D eigenvalue weighted by molar-refractivity contribution is 0.213. The van der Waals surface area contributed by atoms with Crippen molar-refractivity contribution in [2.24, 2.45) is 0 Å². The van der Waals surface area contributed by atoms with Gasteiger partial charge in [-0.2, -0.15) is 4.31 Å². The first kappa shape index (κ1) is 11.5. The molecule has 2 heterocycles. The van der Waals surface area contributed by atoms with Crippen LogP contribution < -0.4 is 0 Å². The highest BCUT2D eigenvalue weighted by Crippen LogP contribution is 2.24. The summed E-state index contributed by atoms with van der Waals surface area (Å²) in [5, 5.41) is 9.12. The summed E-state index contributed by atoms with van der Waals surface area (Å²) < 4.78 is 25.7. The summed E-state index contributed by atoms with van der Waals surface area (Å²) in [6, 6.07) is 2.83. The van der Waals surface area contributed by atoms with E-state index in [1.54, 1.807) is 6.07 Å². The summed E-state index contributed by atoms with van der Waals surface area (Å²) in [5.41, 5.74) is 0. The number of rotatable bonds is 3. The zero-order valence-electron chi connectivity index (χ0n) is 8.78. The molecule has 0 amide bonds. The number of nitrogens with zero attached hydrogens (tertiary/aromatic N) is 2. The van der Waals surface area contributed by atoms with Gasteiger partial charge in [-0.15, -0.1) is 0 Å². The van der Waals surface area contributed by atoms with E-state index >= 15 is 0 Å². The highest BCUT2D eigenvalue weighted by Gasteiger charge is 2.34. The van der Waals surface area contributed by atoms with Crippen LogP contribution in [0.5, 0.6) is 0 Å². The lowest BCUT2D eigenvalue weighted by Gasteiger charge is -2.22. The largest absolute Gasteiger partial charge is 0.395 e. The van der Waals surface area contributed by atoms with Crippen molar-refractivity contribution in [1.29, 1.82) is 0 Å². The molecule has 5 nitrogen and oxygen atoms in total. The van der Waals surface area contributed by atoms with E-state index in [1.807, 2.05) is 0 Å². The first-order valence-electron chi connectivity index (χ1n) is 5.19. The van der Waals surface area contributed by atoms with Gasteiger partial charge in [0.2, 0.25) is 10.0 Å². The van der Waals surface area contributed by atoms with Crippen molar-refractivity contribution in [2.45, 2.75) is 23.8 Å². The summed E-state index contributed by atoms with van der Waals surface area (Å²) in [6.45, 7) is 0.349. The van der Waals surface area contributed by atoms with Crippen LogP contribution in [0, 0.1) is 0 Å². The van der Waals surface area contributed by atoms with Gasteiger partial charge in [-0.3, -0.25) is 4.98 Å². The molecule has 0 bridgehead atoms. The molecule has 6 heteroatoms. The van der Waals surface area contributed by atoms with Crippen molar-refractivity contribution in [1.82, 2.24) is 9.29 Å². The maximum atomic E-state index is 12.2. The third-order valence-corrected chi connectivity index (χ3v) is 4.71. The van der Waals surface area contributed by atoms with Crippen LogP contribution in [0.15, 0.2) is 29.4 Å². The molecular weight excluding hydrogens is 228 g/mol. The number of aromatic nitrogens is 1. The Morgan fingerprint density at radius 1 is 1.56 bits per heavy atom. The second-order valence-corrected chi connectivity index (χ2v) is 5.67. The number of hydrogen-bond donors (Lipinski definition) is 1. The molecule has 2 rings (SSSR count). The Hall–Kier alpha value is -0.980. The van der Waals surface area contributed by atoms with Crippen LogP contribution in [0.25, 0.3) is 0 Å². The maximum absolute atomic E-state index is 12.2. The molecule has 1 aromatic rings. The van der Waals surface area contributed by atoms with E-state index in [9.17, 15) is 8.42 Å². The highest BCUT2D eigenvalue weighted by atomic mass is 32.2. The Labute approximate surface area is 94.8 Å². The van der Waals surface area contributed by atoms with Crippen molar-refractivity contribution in [3.63, 3.8) is 0 Å². The van der Waals surface area contributed by atoms with Crippen molar-refractivity contribution in [3.05, 3.63) is 24.5 Å². The zero-order valence-corrected chi connectivity index (χ0v) is 9.60. The summed E-state index contributed by atoms with van der Waals surface area (Å²) in [7, 11) is -3.49. The monoisotopic (exact) mass is 242 g/mol. The Morgan fingerprint density at radius 3 is 3.00 bits per heavy atom. The molecule has 1 N–H and O–H groups in total. The fraction of sp³-hybridized carbons (Fsp3) is 0.500. The molecule has 88 valence electrons. The minimum absolute atomic E-state index is 0.126.